The summed E-state index contributed by atoms with van der Waals surface area (Å²) >= 11 is 6.17. The Labute approximate surface area is 92.4 Å². The van der Waals surface area contributed by atoms with Gasteiger partial charge in [-0.3, -0.25) is 0 Å². The molecule has 1 aromatic heterocycles. The van der Waals surface area contributed by atoms with Gasteiger partial charge in [0, 0.05) is 19.9 Å². The number of hydrogen-bond acceptors (Lipinski definition) is 3. The SMILES string of the molecule is Cc1cc2c(S)cc(CC#N)cc2s1. The Bertz CT molecular complexity index is 520. The van der Waals surface area contributed by atoms with Crippen LogP contribution in [0.5, 0.6) is 0 Å². The molecule has 1 heterocycles. The fourth-order valence-corrected chi connectivity index (χ4v) is 2.94. The molecule has 0 radical (unpaired) electrons. The van der Waals surface area contributed by atoms with Gasteiger partial charge in [-0.15, -0.1) is 24.0 Å². The smallest absolute Gasteiger partial charge is 0.0669 e. The summed E-state index contributed by atoms with van der Waals surface area (Å²) in [6.07, 6.45) is 0.459. The summed E-state index contributed by atoms with van der Waals surface area (Å²) in [5.74, 6) is 0. The molecule has 1 aromatic carbocycles. The van der Waals surface area contributed by atoms with Gasteiger partial charge in [0.05, 0.1) is 12.5 Å². The quantitative estimate of drug-likeness (QED) is 0.728. The number of hydrogen-bond donors (Lipinski definition) is 1. The van der Waals surface area contributed by atoms with Gasteiger partial charge < -0.3 is 0 Å². The van der Waals surface area contributed by atoms with Crippen molar-refractivity contribution in [3.63, 3.8) is 0 Å². The van der Waals surface area contributed by atoms with Crippen LogP contribution >= 0.6 is 24.0 Å². The van der Waals surface area contributed by atoms with E-state index >= 15 is 0 Å². The van der Waals surface area contributed by atoms with E-state index in [0.29, 0.717) is 6.42 Å². The standard InChI is InChI=1S/C11H9NS2/c1-7-4-9-10(13)5-8(2-3-12)6-11(9)14-7/h4-6,13H,2H2,1H3. The first-order valence-electron chi connectivity index (χ1n) is 4.29. The van der Waals surface area contributed by atoms with E-state index in [1.54, 1.807) is 11.3 Å². The summed E-state index contributed by atoms with van der Waals surface area (Å²) in [5, 5.41) is 9.81. The summed E-state index contributed by atoms with van der Waals surface area (Å²) in [5.41, 5.74) is 1.05. The zero-order valence-electron chi connectivity index (χ0n) is 7.74. The van der Waals surface area contributed by atoms with E-state index < -0.39 is 0 Å². The Kier molecular flexibility index (Phi) is 2.49. The van der Waals surface area contributed by atoms with Gasteiger partial charge in [0.15, 0.2) is 0 Å². The first-order valence-corrected chi connectivity index (χ1v) is 5.56. The molecule has 14 heavy (non-hydrogen) atoms. The highest BCUT2D eigenvalue weighted by molar-refractivity contribution is 7.80. The van der Waals surface area contributed by atoms with Crippen LogP contribution in [-0.2, 0) is 6.42 Å². The third-order valence-electron chi connectivity index (χ3n) is 2.08. The second kappa shape index (κ2) is 3.64. The number of nitrogens with zero attached hydrogens (tertiary/aromatic N) is 1. The van der Waals surface area contributed by atoms with E-state index in [1.807, 2.05) is 6.07 Å². The Morgan fingerprint density at radius 2 is 2.21 bits per heavy atom. The maximum atomic E-state index is 8.62. The third-order valence-corrected chi connectivity index (χ3v) is 3.45. The molecule has 1 nitrogen and oxygen atoms in total. The molecule has 2 aromatic rings. The molecule has 0 fully saturated rings. The van der Waals surface area contributed by atoms with Crippen molar-refractivity contribution in [2.45, 2.75) is 18.2 Å². The molecule has 3 heteroatoms. The van der Waals surface area contributed by atoms with Crippen molar-refractivity contribution >= 4 is 34.1 Å². The zero-order chi connectivity index (χ0) is 10.1. The molecule has 0 N–H and O–H groups in total. The number of fused-ring (bicyclic) bond motifs is 1. The molecule has 0 spiro atoms. The predicted molar refractivity (Wildman–Crippen MR) is 63.1 cm³/mol. The number of benzene rings is 1. The van der Waals surface area contributed by atoms with Crippen molar-refractivity contribution < 1.29 is 0 Å². The highest BCUT2D eigenvalue weighted by Gasteiger charge is 2.04. The Hall–Kier alpha value is -0.980. The average Bonchev–Trinajstić information content (AvgIpc) is 2.47. The molecule has 0 aliphatic heterocycles. The van der Waals surface area contributed by atoms with Gasteiger partial charge in [0.1, 0.15) is 0 Å². The molecule has 0 amide bonds. The lowest BCUT2D eigenvalue weighted by Gasteiger charge is -1.98. The molecular weight excluding hydrogens is 210 g/mol. The Morgan fingerprint density at radius 3 is 2.93 bits per heavy atom. The lowest BCUT2D eigenvalue weighted by atomic mass is 10.1. The third kappa shape index (κ3) is 1.63. The van der Waals surface area contributed by atoms with Crippen molar-refractivity contribution in [2.24, 2.45) is 0 Å². The minimum atomic E-state index is 0.459. The number of nitriles is 1. The predicted octanol–water partition coefficient (Wildman–Crippen LogP) is 3.56. The number of thiophene rings is 1. The molecule has 70 valence electrons. The maximum Gasteiger partial charge on any atom is 0.0669 e. The lowest BCUT2D eigenvalue weighted by molar-refractivity contribution is 1.25. The van der Waals surface area contributed by atoms with E-state index in [4.69, 9.17) is 5.26 Å². The molecular formula is C11H9NS2. The first-order chi connectivity index (χ1) is 6.70. The maximum absolute atomic E-state index is 8.62. The summed E-state index contributed by atoms with van der Waals surface area (Å²) in [6, 6.07) is 8.34. The molecule has 2 rings (SSSR count). The summed E-state index contributed by atoms with van der Waals surface area (Å²) in [6.45, 7) is 2.09. The van der Waals surface area contributed by atoms with Crippen LogP contribution in [0, 0.1) is 18.3 Å². The van der Waals surface area contributed by atoms with Crippen molar-refractivity contribution in [2.75, 3.05) is 0 Å². The first kappa shape index (κ1) is 9.57. The molecule has 0 bridgehead atoms. The lowest BCUT2D eigenvalue weighted by Crippen LogP contribution is -1.80. The second-order valence-electron chi connectivity index (χ2n) is 3.22. The second-order valence-corrected chi connectivity index (χ2v) is 4.99. The molecule has 0 atom stereocenters. The van der Waals surface area contributed by atoms with Gasteiger partial charge in [-0.05, 0) is 30.7 Å². The summed E-state index contributed by atoms with van der Waals surface area (Å²) in [7, 11) is 0. The minimum absolute atomic E-state index is 0.459. The van der Waals surface area contributed by atoms with Crippen LogP contribution in [0.15, 0.2) is 23.1 Å². The van der Waals surface area contributed by atoms with Gasteiger partial charge in [0.25, 0.3) is 0 Å². The zero-order valence-corrected chi connectivity index (χ0v) is 9.45. The van der Waals surface area contributed by atoms with E-state index in [0.717, 1.165) is 10.5 Å². The Balaban J connectivity index is 2.66. The monoisotopic (exact) mass is 219 g/mol. The molecule has 0 saturated carbocycles. The van der Waals surface area contributed by atoms with Crippen LogP contribution in [0.25, 0.3) is 10.1 Å². The van der Waals surface area contributed by atoms with Crippen LogP contribution in [0.1, 0.15) is 10.4 Å². The fraction of sp³-hybridized carbons (Fsp3) is 0.182. The van der Waals surface area contributed by atoms with Crippen LogP contribution in [0.3, 0.4) is 0 Å². The van der Waals surface area contributed by atoms with Gasteiger partial charge in [0.2, 0.25) is 0 Å². The van der Waals surface area contributed by atoms with E-state index in [9.17, 15) is 0 Å². The van der Waals surface area contributed by atoms with Crippen molar-refractivity contribution in [1.82, 2.24) is 0 Å². The number of aryl methyl sites for hydroxylation is 1. The van der Waals surface area contributed by atoms with Gasteiger partial charge >= 0.3 is 0 Å². The van der Waals surface area contributed by atoms with Crippen molar-refractivity contribution in [3.05, 3.63) is 28.6 Å². The van der Waals surface area contributed by atoms with Crippen LogP contribution < -0.4 is 0 Å². The van der Waals surface area contributed by atoms with Crippen LogP contribution in [0.2, 0.25) is 0 Å². The van der Waals surface area contributed by atoms with Crippen molar-refractivity contribution in [3.8, 4) is 6.07 Å². The van der Waals surface area contributed by atoms with Crippen molar-refractivity contribution in [1.29, 1.82) is 5.26 Å². The summed E-state index contributed by atoms with van der Waals surface area (Å²) in [4.78, 5) is 2.25. The van der Waals surface area contributed by atoms with E-state index in [-0.39, 0.29) is 0 Å². The molecule has 0 saturated heterocycles. The number of thiol groups is 1. The molecule has 0 aliphatic rings. The van der Waals surface area contributed by atoms with Gasteiger partial charge in [-0.25, -0.2) is 0 Å². The normalized spacial score (nSPS) is 10.4. The average molecular weight is 219 g/mol. The topological polar surface area (TPSA) is 23.8 Å². The number of rotatable bonds is 1. The van der Waals surface area contributed by atoms with Crippen LogP contribution in [-0.4, -0.2) is 0 Å². The largest absolute Gasteiger partial charge is 0.198 e. The Morgan fingerprint density at radius 1 is 1.43 bits per heavy atom. The summed E-state index contributed by atoms with van der Waals surface area (Å²) < 4.78 is 1.22. The van der Waals surface area contributed by atoms with Crippen LogP contribution in [0.4, 0.5) is 0 Å². The van der Waals surface area contributed by atoms with Gasteiger partial charge in [-0.2, -0.15) is 5.26 Å². The molecule has 0 aliphatic carbocycles. The van der Waals surface area contributed by atoms with Gasteiger partial charge in [-0.1, -0.05) is 0 Å². The minimum Gasteiger partial charge on any atom is -0.198 e. The van der Waals surface area contributed by atoms with E-state index in [2.05, 4.69) is 37.8 Å². The highest BCUT2D eigenvalue weighted by atomic mass is 32.1. The molecule has 0 unspecified atom stereocenters. The van der Waals surface area contributed by atoms with E-state index in [1.165, 1.54) is 15.0 Å². The fourth-order valence-electron chi connectivity index (χ4n) is 1.50. The highest BCUT2D eigenvalue weighted by Crippen LogP contribution is 2.31.